The van der Waals surface area contributed by atoms with Gasteiger partial charge < -0.3 is 9.88 Å². The smallest absolute Gasteiger partial charge is 0.272 e. The van der Waals surface area contributed by atoms with Gasteiger partial charge in [0.25, 0.3) is 5.91 Å². The van der Waals surface area contributed by atoms with E-state index in [0.717, 1.165) is 28.3 Å². The molecule has 5 aromatic rings. The van der Waals surface area contributed by atoms with Crippen LogP contribution in [0.3, 0.4) is 0 Å². The van der Waals surface area contributed by atoms with Crippen LogP contribution in [0.4, 0.5) is 0 Å². The number of nitrogens with zero attached hydrogens (tertiary/aromatic N) is 6. The van der Waals surface area contributed by atoms with Gasteiger partial charge in [-0.05, 0) is 48.9 Å². The van der Waals surface area contributed by atoms with Crippen LogP contribution in [0.2, 0.25) is 0 Å². The predicted molar refractivity (Wildman–Crippen MR) is 125 cm³/mol. The van der Waals surface area contributed by atoms with E-state index in [1.807, 2.05) is 72.2 Å². The van der Waals surface area contributed by atoms with Gasteiger partial charge in [0.1, 0.15) is 11.5 Å². The SMILES string of the molecule is Cc1nc(-c2nc(C(=O)NCCc3ccccn3)c3ccccn23)cn1Cc1ccncc1. The van der Waals surface area contributed by atoms with E-state index in [2.05, 4.69) is 19.9 Å². The predicted octanol–water partition coefficient (Wildman–Crippen LogP) is 3.32. The number of nitrogens with one attached hydrogen (secondary N) is 1. The first-order chi connectivity index (χ1) is 16.2. The van der Waals surface area contributed by atoms with E-state index in [1.54, 1.807) is 18.6 Å². The van der Waals surface area contributed by atoms with Gasteiger partial charge in [-0.15, -0.1) is 0 Å². The first kappa shape index (κ1) is 20.6. The first-order valence-electron chi connectivity index (χ1n) is 10.8. The maximum Gasteiger partial charge on any atom is 0.272 e. The molecule has 5 rings (SSSR count). The molecule has 0 aliphatic heterocycles. The third-order valence-corrected chi connectivity index (χ3v) is 5.46. The summed E-state index contributed by atoms with van der Waals surface area (Å²) >= 11 is 0. The normalized spacial score (nSPS) is 11.1. The molecule has 0 radical (unpaired) electrons. The summed E-state index contributed by atoms with van der Waals surface area (Å²) in [4.78, 5) is 30.8. The molecule has 0 aliphatic rings. The second-order valence-electron chi connectivity index (χ2n) is 7.72. The van der Waals surface area contributed by atoms with E-state index in [0.29, 0.717) is 31.0 Å². The Morgan fingerprint density at radius 3 is 2.67 bits per heavy atom. The lowest BCUT2D eigenvalue weighted by Crippen LogP contribution is -2.26. The minimum Gasteiger partial charge on any atom is -0.350 e. The van der Waals surface area contributed by atoms with Crippen LogP contribution < -0.4 is 5.32 Å². The van der Waals surface area contributed by atoms with Gasteiger partial charge in [-0.25, -0.2) is 9.97 Å². The molecule has 0 aliphatic carbocycles. The Kier molecular flexibility index (Phi) is 5.63. The average Bonchev–Trinajstić information content (AvgIpc) is 3.41. The Labute approximate surface area is 191 Å². The van der Waals surface area contributed by atoms with Gasteiger partial charge in [0.2, 0.25) is 0 Å². The van der Waals surface area contributed by atoms with Crippen molar-refractivity contribution >= 4 is 11.4 Å². The molecule has 0 spiro atoms. The number of imidazole rings is 2. The van der Waals surface area contributed by atoms with Gasteiger partial charge in [-0.2, -0.15) is 0 Å². The number of rotatable bonds is 7. The zero-order chi connectivity index (χ0) is 22.6. The van der Waals surface area contributed by atoms with Crippen molar-refractivity contribution in [3.8, 4) is 11.5 Å². The minimum absolute atomic E-state index is 0.214. The lowest BCUT2D eigenvalue weighted by molar-refractivity contribution is 0.0951. The largest absolute Gasteiger partial charge is 0.350 e. The number of aromatic nitrogens is 6. The highest BCUT2D eigenvalue weighted by molar-refractivity contribution is 5.99. The number of carbonyl (C=O) groups excluding carboxylic acids is 1. The Bertz CT molecular complexity index is 1390. The van der Waals surface area contributed by atoms with E-state index in [9.17, 15) is 4.79 Å². The van der Waals surface area contributed by atoms with Crippen molar-refractivity contribution in [3.63, 3.8) is 0 Å². The van der Waals surface area contributed by atoms with Crippen molar-refractivity contribution in [1.29, 1.82) is 0 Å². The highest BCUT2D eigenvalue weighted by Crippen LogP contribution is 2.23. The Hall–Kier alpha value is -4.33. The summed E-state index contributed by atoms with van der Waals surface area (Å²) < 4.78 is 3.98. The van der Waals surface area contributed by atoms with Crippen molar-refractivity contribution in [2.45, 2.75) is 19.9 Å². The average molecular weight is 438 g/mol. The standard InChI is InChI=1S/C25H23N7O/c1-18-29-21(17-31(18)16-19-8-12-26-13-9-19)24-30-23(22-7-3-5-15-32(22)24)25(33)28-14-10-20-6-2-4-11-27-20/h2-9,11-13,15,17H,10,14,16H2,1H3,(H,28,33). The highest BCUT2D eigenvalue weighted by Gasteiger charge is 2.20. The van der Waals surface area contributed by atoms with Gasteiger partial charge in [0.05, 0.1) is 5.52 Å². The number of fused-ring (bicyclic) bond motifs is 1. The fourth-order valence-corrected chi connectivity index (χ4v) is 3.78. The summed E-state index contributed by atoms with van der Waals surface area (Å²) in [6, 6.07) is 15.4. The van der Waals surface area contributed by atoms with Crippen LogP contribution in [0.15, 0.2) is 79.5 Å². The van der Waals surface area contributed by atoms with Crippen LogP contribution in [-0.4, -0.2) is 41.4 Å². The topological polar surface area (TPSA) is 90.0 Å². The maximum atomic E-state index is 13.0. The quantitative estimate of drug-likeness (QED) is 0.422. The number of hydrogen-bond acceptors (Lipinski definition) is 5. The maximum absolute atomic E-state index is 13.0. The summed E-state index contributed by atoms with van der Waals surface area (Å²) in [5, 5.41) is 2.97. The minimum atomic E-state index is -0.214. The van der Waals surface area contributed by atoms with E-state index >= 15 is 0 Å². The van der Waals surface area contributed by atoms with Crippen LogP contribution in [-0.2, 0) is 13.0 Å². The van der Waals surface area contributed by atoms with Crippen LogP contribution in [0.1, 0.15) is 27.6 Å². The summed E-state index contributed by atoms with van der Waals surface area (Å²) in [7, 11) is 0. The molecular formula is C25H23N7O. The molecule has 0 fully saturated rings. The number of aryl methyl sites for hydroxylation is 1. The summed E-state index contributed by atoms with van der Waals surface area (Å²) in [6.45, 7) is 3.13. The van der Waals surface area contributed by atoms with Gasteiger partial charge in [-0.1, -0.05) is 12.1 Å². The Balaban J connectivity index is 1.41. The number of hydrogen-bond donors (Lipinski definition) is 1. The summed E-state index contributed by atoms with van der Waals surface area (Å²) in [5.74, 6) is 1.29. The van der Waals surface area contributed by atoms with E-state index in [-0.39, 0.29) is 5.91 Å². The second kappa shape index (κ2) is 9.04. The molecular weight excluding hydrogens is 414 g/mol. The van der Waals surface area contributed by atoms with Crippen LogP contribution in [0, 0.1) is 6.92 Å². The lowest BCUT2D eigenvalue weighted by Gasteiger charge is -2.03. The fourth-order valence-electron chi connectivity index (χ4n) is 3.78. The fraction of sp³-hybridized carbons (Fsp3) is 0.160. The van der Waals surface area contributed by atoms with Crippen molar-refractivity contribution in [2.75, 3.05) is 6.54 Å². The van der Waals surface area contributed by atoms with Gasteiger partial charge >= 0.3 is 0 Å². The first-order valence-corrected chi connectivity index (χ1v) is 10.8. The molecule has 0 atom stereocenters. The third kappa shape index (κ3) is 4.36. The molecule has 0 aromatic carbocycles. The molecule has 1 N–H and O–H groups in total. The molecule has 164 valence electrons. The zero-order valence-corrected chi connectivity index (χ0v) is 18.2. The van der Waals surface area contributed by atoms with E-state index in [4.69, 9.17) is 9.97 Å². The number of carbonyl (C=O) groups is 1. The zero-order valence-electron chi connectivity index (χ0n) is 18.2. The molecule has 1 amide bonds. The summed E-state index contributed by atoms with van der Waals surface area (Å²) in [6.07, 6.45) is 9.85. The molecule has 8 nitrogen and oxygen atoms in total. The highest BCUT2D eigenvalue weighted by atomic mass is 16.1. The second-order valence-corrected chi connectivity index (χ2v) is 7.72. The lowest BCUT2D eigenvalue weighted by atomic mass is 10.2. The van der Waals surface area contributed by atoms with Crippen LogP contribution >= 0.6 is 0 Å². The molecule has 0 bridgehead atoms. The Morgan fingerprint density at radius 2 is 1.85 bits per heavy atom. The third-order valence-electron chi connectivity index (χ3n) is 5.46. The van der Waals surface area contributed by atoms with E-state index < -0.39 is 0 Å². The molecule has 5 aromatic heterocycles. The van der Waals surface area contributed by atoms with Gasteiger partial charge in [0, 0.05) is 56.2 Å². The van der Waals surface area contributed by atoms with Crippen LogP contribution in [0.5, 0.6) is 0 Å². The van der Waals surface area contributed by atoms with E-state index in [1.165, 1.54) is 0 Å². The van der Waals surface area contributed by atoms with Crippen molar-refractivity contribution in [3.05, 3.63) is 102 Å². The molecule has 0 saturated carbocycles. The number of pyridine rings is 3. The molecule has 0 unspecified atom stereocenters. The summed E-state index contributed by atoms with van der Waals surface area (Å²) in [5.41, 5.74) is 3.91. The molecule has 5 heterocycles. The Morgan fingerprint density at radius 1 is 1.00 bits per heavy atom. The van der Waals surface area contributed by atoms with Crippen molar-refractivity contribution in [2.24, 2.45) is 0 Å². The monoisotopic (exact) mass is 437 g/mol. The van der Waals surface area contributed by atoms with Crippen molar-refractivity contribution < 1.29 is 4.79 Å². The molecule has 0 saturated heterocycles. The molecule has 33 heavy (non-hydrogen) atoms. The number of amides is 1. The van der Waals surface area contributed by atoms with Gasteiger partial charge in [-0.3, -0.25) is 19.2 Å². The van der Waals surface area contributed by atoms with Crippen molar-refractivity contribution in [1.82, 2.24) is 34.2 Å². The van der Waals surface area contributed by atoms with Gasteiger partial charge in [0.15, 0.2) is 11.5 Å². The van der Waals surface area contributed by atoms with Crippen LogP contribution in [0.25, 0.3) is 17.0 Å². The molecule has 8 heteroatoms.